The van der Waals surface area contributed by atoms with Crippen molar-refractivity contribution < 1.29 is 13.9 Å². The van der Waals surface area contributed by atoms with Crippen LogP contribution in [0.4, 0.5) is 14.9 Å². The lowest BCUT2D eigenvalue weighted by atomic mass is 10.2. The van der Waals surface area contributed by atoms with E-state index in [0.29, 0.717) is 13.1 Å². The molecule has 2 atom stereocenters. The molecule has 0 radical (unpaired) electrons. The van der Waals surface area contributed by atoms with Crippen molar-refractivity contribution in [2.75, 3.05) is 25.5 Å². The number of halogens is 1. The molecule has 0 aliphatic carbocycles. The van der Waals surface area contributed by atoms with E-state index >= 15 is 0 Å². The van der Waals surface area contributed by atoms with Crippen LogP contribution in [0.2, 0.25) is 0 Å². The topological polar surface area (TPSA) is 62.4 Å². The molecule has 98 valence electrons. The normalized spacial score (nSPS) is 22.8. The van der Waals surface area contributed by atoms with Gasteiger partial charge >= 0.3 is 6.03 Å². The van der Waals surface area contributed by atoms with Crippen molar-refractivity contribution in [3.8, 4) is 0 Å². The van der Waals surface area contributed by atoms with Crippen molar-refractivity contribution in [3.63, 3.8) is 0 Å². The van der Waals surface area contributed by atoms with Crippen LogP contribution in [-0.4, -0.2) is 38.4 Å². The number of para-hydroxylation sites is 1. The highest BCUT2D eigenvalue weighted by Crippen LogP contribution is 2.12. The molecule has 2 rings (SSSR count). The highest BCUT2D eigenvalue weighted by molar-refractivity contribution is 5.89. The molecule has 3 N–H and O–H groups in total. The monoisotopic (exact) mass is 253 g/mol. The van der Waals surface area contributed by atoms with Crippen LogP contribution in [0.3, 0.4) is 0 Å². The molecule has 0 spiro atoms. The number of rotatable bonds is 3. The third kappa shape index (κ3) is 2.96. The lowest BCUT2D eigenvalue weighted by molar-refractivity contribution is 0.0991. The van der Waals surface area contributed by atoms with E-state index in [4.69, 9.17) is 4.74 Å². The first kappa shape index (κ1) is 12.8. The molecule has 1 aliphatic heterocycles. The van der Waals surface area contributed by atoms with E-state index in [1.165, 1.54) is 12.1 Å². The van der Waals surface area contributed by atoms with E-state index in [0.717, 1.165) is 0 Å². The zero-order chi connectivity index (χ0) is 13.0. The van der Waals surface area contributed by atoms with Gasteiger partial charge in [-0.1, -0.05) is 12.1 Å². The van der Waals surface area contributed by atoms with Crippen LogP contribution in [0.1, 0.15) is 0 Å². The summed E-state index contributed by atoms with van der Waals surface area (Å²) in [5.41, 5.74) is 0.162. The van der Waals surface area contributed by atoms with Crippen LogP contribution < -0.4 is 16.0 Å². The number of urea groups is 1. The summed E-state index contributed by atoms with van der Waals surface area (Å²) in [5, 5.41) is 8.34. The zero-order valence-electron chi connectivity index (χ0n) is 10.1. The Hall–Kier alpha value is -1.66. The summed E-state index contributed by atoms with van der Waals surface area (Å²) < 4.78 is 18.5. The maximum atomic E-state index is 13.3. The molecule has 1 unspecified atom stereocenters. The van der Waals surface area contributed by atoms with Crippen molar-refractivity contribution in [2.45, 2.75) is 12.1 Å². The second-order valence-electron chi connectivity index (χ2n) is 4.12. The number of benzene rings is 1. The number of hydrogen-bond acceptors (Lipinski definition) is 3. The van der Waals surface area contributed by atoms with Crippen molar-refractivity contribution in [3.05, 3.63) is 30.1 Å². The molecule has 0 aromatic heterocycles. The van der Waals surface area contributed by atoms with E-state index in [2.05, 4.69) is 16.0 Å². The first-order valence-corrected chi connectivity index (χ1v) is 5.76. The molecule has 1 saturated heterocycles. The molecule has 1 aromatic carbocycles. The number of carbonyl (C=O) groups excluding carboxylic acids is 1. The first-order chi connectivity index (χ1) is 8.70. The van der Waals surface area contributed by atoms with Gasteiger partial charge in [0.2, 0.25) is 0 Å². The average Bonchev–Trinajstić information content (AvgIpc) is 2.79. The molecule has 1 aliphatic rings. The number of nitrogens with one attached hydrogen (secondary N) is 3. The summed E-state index contributed by atoms with van der Waals surface area (Å²) in [6.07, 6.45) is -0.0589. The van der Waals surface area contributed by atoms with E-state index in [9.17, 15) is 9.18 Å². The van der Waals surface area contributed by atoms with Gasteiger partial charge in [0, 0.05) is 20.2 Å². The van der Waals surface area contributed by atoms with Gasteiger partial charge in [-0.05, 0) is 12.1 Å². The van der Waals surface area contributed by atoms with Gasteiger partial charge in [-0.25, -0.2) is 9.18 Å². The maximum Gasteiger partial charge on any atom is 0.319 e. The predicted octanol–water partition coefficient (Wildman–Crippen LogP) is 0.934. The summed E-state index contributed by atoms with van der Waals surface area (Å²) in [7, 11) is 1.60. The smallest absolute Gasteiger partial charge is 0.319 e. The lowest BCUT2D eigenvalue weighted by Crippen LogP contribution is -2.45. The summed E-state index contributed by atoms with van der Waals surface area (Å²) in [6.45, 7) is 1.34. The molecule has 0 bridgehead atoms. The minimum absolute atomic E-state index is 0.0589. The quantitative estimate of drug-likeness (QED) is 0.751. The maximum absolute atomic E-state index is 13.3. The molecule has 18 heavy (non-hydrogen) atoms. The Morgan fingerprint density at radius 3 is 2.94 bits per heavy atom. The number of amides is 2. The molecule has 1 aromatic rings. The minimum atomic E-state index is -0.458. The van der Waals surface area contributed by atoms with Crippen LogP contribution in [-0.2, 0) is 4.74 Å². The Morgan fingerprint density at radius 1 is 1.44 bits per heavy atom. The van der Waals surface area contributed by atoms with Gasteiger partial charge in [0.25, 0.3) is 0 Å². The SMILES string of the molecule is CO[C@H]1CNCC1NC(=O)Nc1ccccc1F. The summed E-state index contributed by atoms with van der Waals surface area (Å²) in [4.78, 5) is 11.7. The van der Waals surface area contributed by atoms with Crippen molar-refractivity contribution >= 4 is 11.7 Å². The van der Waals surface area contributed by atoms with Gasteiger partial charge in [-0.15, -0.1) is 0 Å². The summed E-state index contributed by atoms with van der Waals surface area (Å²) in [5.74, 6) is -0.458. The second-order valence-corrected chi connectivity index (χ2v) is 4.12. The van der Waals surface area contributed by atoms with Gasteiger partial charge in [0.05, 0.1) is 17.8 Å². The summed E-state index contributed by atoms with van der Waals surface area (Å²) >= 11 is 0. The third-order valence-electron chi connectivity index (χ3n) is 2.90. The Labute approximate surface area is 105 Å². The van der Waals surface area contributed by atoms with Crippen LogP contribution in [0, 0.1) is 5.82 Å². The first-order valence-electron chi connectivity index (χ1n) is 5.76. The Bertz CT molecular complexity index is 428. The van der Waals surface area contributed by atoms with Gasteiger partial charge in [-0.3, -0.25) is 0 Å². The number of hydrogen-bond donors (Lipinski definition) is 3. The Balaban J connectivity index is 1.91. The van der Waals surface area contributed by atoms with E-state index in [1.54, 1.807) is 19.2 Å². The van der Waals surface area contributed by atoms with Crippen LogP contribution in [0.5, 0.6) is 0 Å². The molecule has 1 fully saturated rings. The number of anilines is 1. The van der Waals surface area contributed by atoms with E-state index in [-0.39, 0.29) is 17.8 Å². The van der Waals surface area contributed by atoms with Crippen molar-refractivity contribution in [1.82, 2.24) is 10.6 Å². The lowest BCUT2D eigenvalue weighted by Gasteiger charge is -2.18. The predicted molar refractivity (Wildman–Crippen MR) is 66.0 cm³/mol. The highest BCUT2D eigenvalue weighted by atomic mass is 19.1. The molecule has 0 saturated carbocycles. The van der Waals surface area contributed by atoms with Crippen LogP contribution in [0.25, 0.3) is 0 Å². The van der Waals surface area contributed by atoms with Gasteiger partial charge in [0.1, 0.15) is 5.82 Å². The van der Waals surface area contributed by atoms with E-state index in [1.807, 2.05) is 0 Å². The fraction of sp³-hybridized carbons (Fsp3) is 0.417. The minimum Gasteiger partial charge on any atom is -0.378 e. The molecular weight excluding hydrogens is 237 g/mol. The number of methoxy groups -OCH3 is 1. The van der Waals surface area contributed by atoms with Gasteiger partial charge in [-0.2, -0.15) is 0 Å². The van der Waals surface area contributed by atoms with E-state index < -0.39 is 11.8 Å². The largest absolute Gasteiger partial charge is 0.378 e. The van der Waals surface area contributed by atoms with Crippen LogP contribution in [0.15, 0.2) is 24.3 Å². The Morgan fingerprint density at radius 2 is 2.22 bits per heavy atom. The fourth-order valence-corrected chi connectivity index (χ4v) is 1.94. The van der Waals surface area contributed by atoms with Gasteiger partial charge in [0.15, 0.2) is 0 Å². The molecule has 2 amide bonds. The van der Waals surface area contributed by atoms with Crippen molar-refractivity contribution in [1.29, 1.82) is 0 Å². The summed E-state index contributed by atoms with van der Waals surface area (Å²) in [6, 6.07) is 5.49. The van der Waals surface area contributed by atoms with Crippen molar-refractivity contribution in [2.24, 2.45) is 0 Å². The molecule has 5 nitrogen and oxygen atoms in total. The molecule has 6 heteroatoms. The molecule has 1 heterocycles. The molecular formula is C12H16FN3O2. The zero-order valence-corrected chi connectivity index (χ0v) is 10.1. The van der Waals surface area contributed by atoms with Gasteiger partial charge < -0.3 is 20.7 Å². The number of carbonyl (C=O) groups is 1. The highest BCUT2D eigenvalue weighted by Gasteiger charge is 2.28. The fourth-order valence-electron chi connectivity index (χ4n) is 1.94. The number of ether oxygens (including phenoxy) is 1. The van der Waals surface area contributed by atoms with Crippen LogP contribution >= 0.6 is 0 Å². The standard InChI is InChI=1S/C12H16FN3O2/c1-18-11-7-14-6-10(11)16-12(17)15-9-5-3-2-4-8(9)13/h2-5,10-11,14H,6-7H2,1H3,(H2,15,16,17)/t10?,11-/m0/s1. The third-order valence-corrected chi connectivity index (χ3v) is 2.90. The Kier molecular flexibility index (Phi) is 4.11. The average molecular weight is 253 g/mol. The second kappa shape index (κ2) is 5.79.